The van der Waals surface area contributed by atoms with E-state index in [1.54, 1.807) is 18.5 Å². The molecule has 1 atom stereocenters. The normalized spacial score (nSPS) is 17.7. The first kappa shape index (κ1) is 17.1. The zero-order valence-corrected chi connectivity index (χ0v) is 14.8. The van der Waals surface area contributed by atoms with Crippen molar-refractivity contribution in [1.82, 2.24) is 14.9 Å². The fourth-order valence-electron chi connectivity index (χ4n) is 3.13. The Bertz CT molecular complexity index is 742. The molecule has 1 unspecified atom stereocenters. The zero-order valence-electron chi connectivity index (χ0n) is 14.8. The van der Waals surface area contributed by atoms with Crippen molar-refractivity contribution in [3.8, 4) is 0 Å². The van der Waals surface area contributed by atoms with Gasteiger partial charge in [0.15, 0.2) is 0 Å². The fourth-order valence-corrected chi connectivity index (χ4v) is 3.13. The second kappa shape index (κ2) is 7.92. The van der Waals surface area contributed by atoms with Crippen LogP contribution < -0.4 is 4.90 Å². The molecule has 25 heavy (non-hydrogen) atoms. The number of nitrogens with zero attached hydrogens (tertiary/aromatic N) is 4. The highest BCUT2D eigenvalue weighted by atomic mass is 16.2. The number of aromatic nitrogens is 2. The molecule has 2 aromatic heterocycles. The van der Waals surface area contributed by atoms with Gasteiger partial charge in [0.25, 0.3) is 0 Å². The number of carbonyl (C=O) groups is 1. The summed E-state index contributed by atoms with van der Waals surface area (Å²) in [7, 11) is 3.99. The number of rotatable bonds is 4. The smallest absolute Gasteiger partial charge is 0.246 e. The van der Waals surface area contributed by atoms with Crippen LogP contribution in [0.4, 0.5) is 5.82 Å². The third-order valence-electron chi connectivity index (χ3n) is 4.56. The van der Waals surface area contributed by atoms with Crippen molar-refractivity contribution in [2.75, 3.05) is 32.1 Å². The van der Waals surface area contributed by atoms with Crippen molar-refractivity contribution >= 4 is 17.8 Å². The van der Waals surface area contributed by atoms with Crippen LogP contribution in [0, 0.1) is 0 Å². The van der Waals surface area contributed by atoms with E-state index in [9.17, 15) is 4.79 Å². The van der Waals surface area contributed by atoms with Crippen molar-refractivity contribution < 1.29 is 4.79 Å². The van der Waals surface area contributed by atoms with Gasteiger partial charge in [-0.05, 0) is 54.3 Å². The van der Waals surface area contributed by atoms with Gasteiger partial charge in [0.1, 0.15) is 5.82 Å². The van der Waals surface area contributed by atoms with Gasteiger partial charge in [-0.25, -0.2) is 4.98 Å². The molecule has 3 rings (SSSR count). The van der Waals surface area contributed by atoms with Crippen LogP contribution in [0.25, 0.3) is 6.08 Å². The van der Waals surface area contributed by atoms with Crippen LogP contribution in [0.15, 0.2) is 48.9 Å². The van der Waals surface area contributed by atoms with E-state index in [0.717, 1.165) is 37.3 Å². The molecule has 1 fully saturated rings. The summed E-state index contributed by atoms with van der Waals surface area (Å²) in [4.78, 5) is 24.8. The minimum atomic E-state index is 0.0726. The predicted molar refractivity (Wildman–Crippen MR) is 100 cm³/mol. The van der Waals surface area contributed by atoms with Crippen molar-refractivity contribution in [3.05, 3.63) is 60.1 Å². The molecule has 0 radical (unpaired) electrons. The number of anilines is 1. The van der Waals surface area contributed by atoms with Crippen LogP contribution in [0.1, 0.15) is 29.9 Å². The van der Waals surface area contributed by atoms with Crippen molar-refractivity contribution in [2.45, 2.75) is 18.8 Å². The van der Waals surface area contributed by atoms with E-state index in [2.05, 4.69) is 22.1 Å². The van der Waals surface area contributed by atoms with Gasteiger partial charge in [0.05, 0.1) is 0 Å². The van der Waals surface area contributed by atoms with Crippen LogP contribution in [-0.2, 0) is 4.79 Å². The summed E-state index contributed by atoms with van der Waals surface area (Å²) >= 11 is 0. The van der Waals surface area contributed by atoms with E-state index >= 15 is 0 Å². The first-order chi connectivity index (χ1) is 12.1. The highest BCUT2D eigenvalue weighted by molar-refractivity contribution is 5.91. The molecule has 1 amide bonds. The lowest BCUT2D eigenvalue weighted by Gasteiger charge is -2.32. The van der Waals surface area contributed by atoms with Crippen molar-refractivity contribution in [2.24, 2.45) is 0 Å². The van der Waals surface area contributed by atoms with Gasteiger partial charge < -0.3 is 9.80 Å². The maximum atomic E-state index is 12.5. The first-order valence-electron chi connectivity index (χ1n) is 8.64. The van der Waals surface area contributed by atoms with Crippen LogP contribution in [0.5, 0.6) is 0 Å². The molecular formula is C20H24N4O. The summed E-state index contributed by atoms with van der Waals surface area (Å²) in [6.45, 7) is 1.58. The van der Waals surface area contributed by atoms with E-state index in [4.69, 9.17) is 0 Å². The minimum Gasteiger partial charge on any atom is -0.363 e. The van der Waals surface area contributed by atoms with E-state index in [0.29, 0.717) is 5.92 Å². The summed E-state index contributed by atoms with van der Waals surface area (Å²) < 4.78 is 0. The van der Waals surface area contributed by atoms with E-state index < -0.39 is 0 Å². The largest absolute Gasteiger partial charge is 0.363 e. The molecule has 5 nitrogen and oxygen atoms in total. The van der Waals surface area contributed by atoms with Crippen LogP contribution in [0.2, 0.25) is 0 Å². The molecule has 0 saturated carbocycles. The summed E-state index contributed by atoms with van der Waals surface area (Å²) in [6.07, 6.45) is 11.0. The number of likely N-dealkylation sites (tertiary alicyclic amines) is 1. The molecule has 1 saturated heterocycles. The molecule has 1 aliphatic rings. The summed E-state index contributed by atoms with van der Waals surface area (Å²) in [5.74, 6) is 1.40. The van der Waals surface area contributed by atoms with Gasteiger partial charge in [-0.2, -0.15) is 0 Å². The average molecular weight is 336 g/mol. The lowest BCUT2D eigenvalue weighted by molar-refractivity contribution is -0.127. The van der Waals surface area contributed by atoms with Gasteiger partial charge >= 0.3 is 0 Å². The fraction of sp³-hybridized carbons (Fsp3) is 0.350. The van der Waals surface area contributed by atoms with Crippen molar-refractivity contribution in [3.63, 3.8) is 0 Å². The van der Waals surface area contributed by atoms with Crippen molar-refractivity contribution in [1.29, 1.82) is 0 Å². The number of hydrogen-bond acceptors (Lipinski definition) is 4. The van der Waals surface area contributed by atoms with Gasteiger partial charge in [0.2, 0.25) is 5.91 Å². The summed E-state index contributed by atoms with van der Waals surface area (Å²) in [5, 5.41) is 0. The maximum Gasteiger partial charge on any atom is 0.246 e. The Labute approximate surface area is 149 Å². The Morgan fingerprint density at radius 1 is 1.24 bits per heavy atom. The van der Waals surface area contributed by atoms with Crippen LogP contribution >= 0.6 is 0 Å². The molecule has 0 aliphatic carbocycles. The Morgan fingerprint density at radius 2 is 2.04 bits per heavy atom. The molecule has 0 aromatic carbocycles. The Hall–Kier alpha value is -2.69. The molecule has 0 N–H and O–H groups in total. The molecule has 1 aliphatic heterocycles. The molecular weight excluding hydrogens is 312 g/mol. The number of hydrogen-bond donors (Lipinski definition) is 0. The maximum absolute atomic E-state index is 12.5. The summed E-state index contributed by atoms with van der Waals surface area (Å²) in [5.41, 5.74) is 2.25. The van der Waals surface area contributed by atoms with Crippen LogP contribution in [0.3, 0.4) is 0 Å². The summed E-state index contributed by atoms with van der Waals surface area (Å²) in [6, 6.07) is 7.98. The predicted octanol–water partition coefficient (Wildman–Crippen LogP) is 2.96. The molecule has 0 bridgehead atoms. The molecule has 130 valence electrons. The van der Waals surface area contributed by atoms with Gasteiger partial charge in [0, 0.05) is 57.8 Å². The van der Waals surface area contributed by atoms with Crippen LogP contribution in [-0.4, -0.2) is 48.0 Å². The first-order valence-corrected chi connectivity index (χ1v) is 8.64. The third kappa shape index (κ3) is 4.44. The Morgan fingerprint density at radius 3 is 2.80 bits per heavy atom. The lowest BCUT2D eigenvalue weighted by Crippen LogP contribution is -2.38. The highest BCUT2D eigenvalue weighted by Crippen LogP contribution is 2.28. The van der Waals surface area contributed by atoms with Gasteiger partial charge in [-0.1, -0.05) is 0 Å². The minimum absolute atomic E-state index is 0.0726. The lowest BCUT2D eigenvalue weighted by atomic mass is 9.91. The Kier molecular flexibility index (Phi) is 5.43. The average Bonchev–Trinajstić information content (AvgIpc) is 2.67. The quantitative estimate of drug-likeness (QED) is 0.806. The molecule has 3 heterocycles. The third-order valence-corrected chi connectivity index (χ3v) is 4.56. The molecule has 0 spiro atoms. The second-order valence-corrected chi connectivity index (χ2v) is 6.58. The zero-order chi connectivity index (χ0) is 17.6. The Balaban J connectivity index is 1.67. The number of amides is 1. The van der Waals surface area contributed by atoms with Gasteiger partial charge in [-0.15, -0.1) is 0 Å². The highest BCUT2D eigenvalue weighted by Gasteiger charge is 2.24. The monoisotopic (exact) mass is 336 g/mol. The second-order valence-electron chi connectivity index (χ2n) is 6.58. The van der Waals surface area contributed by atoms with E-state index in [1.807, 2.05) is 48.3 Å². The molecule has 5 heteroatoms. The van der Waals surface area contributed by atoms with Gasteiger partial charge in [-0.3, -0.25) is 9.78 Å². The number of carbonyl (C=O) groups excluding carboxylic acids is 1. The standard InChI is InChI=1S/C20H24N4O/c1-23(2)19-14-17(9-12-22-19)18-4-3-13-24(15-18)20(25)6-5-16-7-10-21-11-8-16/h5-12,14,18H,3-4,13,15H2,1-2H3/b6-5+. The SMILES string of the molecule is CN(C)c1cc(C2CCCN(C(=O)/C=C/c3ccncc3)C2)ccn1. The topological polar surface area (TPSA) is 49.3 Å². The van der Waals surface area contributed by atoms with E-state index in [-0.39, 0.29) is 5.91 Å². The number of pyridine rings is 2. The van der Waals surface area contributed by atoms with E-state index in [1.165, 1.54) is 5.56 Å². The molecule has 2 aromatic rings. The number of piperidine rings is 1.